The number of aliphatic hydroxyl groups is 1. The maximum absolute atomic E-state index is 13.5. The zero-order valence-electron chi connectivity index (χ0n) is 24.7. The molecule has 0 aliphatic carbocycles. The molecule has 230 valence electrons. The van der Waals surface area contributed by atoms with Gasteiger partial charge in [0, 0.05) is 36.4 Å². The molecule has 43 heavy (non-hydrogen) atoms. The van der Waals surface area contributed by atoms with Crippen LogP contribution in [0.15, 0.2) is 77.7 Å². The molecule has 0 radical (unpaired) electrons. The summed E-state index contributed by atoms with van der Waals surface area (Å²) in [5, 5.41) is 15.4. The lowest BCUT2D eigenvalue weighted by Crippen LogP contribution is -2.48. The van der Waals surface area contributed by atoms with Gasteiger partial charge in [-0.2, -0.15) is 4.31 Å². The minimum atomic E-state index is -3.86. The summed E-state index contributed by atoms with van der Waals surface area (Å²) in [7, 11) is -0.868. The molecule has 1 aliphatic heterocycles. The van der Waals surface area contributed by atoms with E-state index in [1.807, 2.05) is 25.1 Å². The summed E-state index contributed by atoms with van der Waals surface area (Å²) < 4.78 is 39.6. The van der Waals surface area contributed by atoms with Crippen LogP contribution in [0.1, 0.15) is 19.4 Å². The number of fused-ring (bicyclic) bond motifs is 1. The van der Waals surface area contributed by atoms with Crippen LogP contribution >= 0.6 is 0 Å². The molecule has 0 bridgehead atoms. The normalized spacial score (nSPS) is 18.0. The standard InChI is InChI=1S/C31H38N4O7S/c1-21-18-35(22(2)20-36)30(37)17-23-16-25(33-31(38)32-24-8-6-5-7-9-24)10-15-28(23)42-29(21)19-34(3)43(39,40)27-13-11-26(41-4)12-14-27/h5-16,21-22,29,36H,17-20H2,1-4H3,(H2,32,33,38)/t21-,22+,29-/m1/s1. The van der Waals surface area contributed by atoms with E-state index in [9.17, 15) is 23.1 Å². The summed E-state index contributed by atoms with van der Waals surface area (Å²) in [5.41, 5.74) is 1.60. The molecular weight excluding hydrogens is 572 g/mol. The van der Waals surface area contributed by atoms with Crippen LogP contribution < -0.4 is 20.1 Å². The molecule has 0 unspecified atom stereocenters. The van der Waals surface area contributed by atoms with Gasteiger partial charge in [-0.25, -0.2) is 13.2 Å². The molecule has 0 spiro atoms. The van der Waals surface area contributed by atoms with Gasteiger partial charge in [0.15, 0.2) is 0 Å². The number of hydrogen-bond acceptors (Lipinski definition) is 7. The maximum Gasteiger partial charge on any atom is 0.323 e. The number of anilines is 2. The fraction of sp³-hybridized carbons (Fsp3) is 0.355. The lowest BCUT2D eigenvalue weighted by Gasteiger charge is -2.33. The molecule has 3 amide bonds. The van der Waals surface area contributed by atoms with E-state index in [0.29, 0.717) is 28.4 Å². The molecule has 3 aromatic rings. The third-order valence-corrected chi connectivity index (χ3v) is 9.25. The number of aliphatic hydroxyl groups excluding tert-OH is 1. The molecule has 0 saturated heterocycles. The lowest BCUT2D eigenvalue weighted by atomic mass is 10.0. The van der Waals surface area contributed by atoms with Crippen LogP contribution in [0.25, 0.3) is 0 Å². The first-order chi connectivity index (χ1) is 20.5. The molecule has 11 nitrogen and oxygen atoms in total. The first-order valence-corrected chi connectivity index (χ1v) is 15.4. The Labute approximate surface area is 252 Å². The Hall–Kier alpha value is -4.13. The minimum Gasteiger partial charge on any atom is -0.497 e. The van der Waals surface area contributed by atoms with Gasteiger partial charge in [-0.1, -0.05) is 25.1 Å². The molecule has 1 aliphatic rings. The van der Waals surface area contributed by atoms with Crippen molar-refractivity contribution in [2.75, 3.05) is 44.5 Å². The minimum absolute atomic E-state index is 0.00396. The monoisotopic (exact) mass is 610 g/mol. The number of nitrogens with one attached hydrogen (secondary N) is 2. The molecule has 0 fully saturated rings. The van der Waals surface area contributed by atoms with Gasteiger partial charge in [0.25, 0.3) is 0 Å². The number of para-hydroxylation sites is 1. The third kappa shape index (κ3) is 7.83. The van der Waals surface area contributed by atoms with Crippen molar-refractivity contribution in [3.05, 3.63) is 78.4 Å². The van der Waals surface area contributed by atoms with Crippen LogP contribution in [-0.2, 0) is 21.2 Å². The highest BCUT2D eigenvalue weighted by Crippen LogP contribution is 2.30. The van der Waals surface area contributed by atoms with E-state index < -0.39 is 28.2 Å². The molecule has 1 heterocycles. The Balaban J connectivity index is 1.61. The van der Waals surface area contributed by atoms with Gasteiger partial charge in [0.05, 0.1) is 37.6 Å². The predicted molar refractivity (Wildman–Crippen MR) is 164 cm³/mol. The number of urea groups is 1. The van der Waals surface area contributed by atoms with Crippen molar-refractivity contribution in [2.45, 2.75) is 37.3 Å². The molecule has 4 rings (SSSR count). The van der Waals surface area contributed by atoms with Crippen molar-refractivity contribution in [3.8, 4) is 11.5 Å². The number of methoxy groups -OCH3 is 1. The van der Waals surface area contributed by atoms with Gasteiger partial charge in [0.1, 0.15) is 17.6 Å². The Morgan fingerprint density at radius 3 is 2.42 bits per heavy atom. The van der Waals surface area contributed by atoms with Crippen molar-refractivity contribution in [1.29, 1.82) is 0 Å². The van der Waals surface area contributed by atoms with E-state index in [4.69, 9.17) is 9.47 Å². The number of benzene rings is 3. The zero-order valence-corrected chi connectivity index (χ0v) is 25.5. The number of hydrogen-bond donors (Lipinski definition) is 3. The highest BCUT2D eigenvalue weighted by molar-refractivity contribution is 7.89. The fourth-order valence-electron chi connectivity index (χ4n) is 4.82. The van der Waals surface area contributed by atoms with Gasteiger partial charge in [-0.3, -0.25) is 4.79 Å². The lowest BCUT2D eigenvalue weighted by molar-refractivity contribution is -0.134. The van der Waals surface area contributed by atoms with E-state index in [0.717, 1.165) is 0 Å². The number of ether oxygens (including phenoxy) is 2. The summed E-state index contributed by atoms with van der Waals surface area (Å²) >= 11 is 0. The van der Waals surface area contributed by atoms with Crippen LogP contribution in [0.2, 0.25) is 0 Å². The van der Waals surface area contributed by atoms with Gasteiger partial charge >= 0.3 is 6.03 Å². The summed E-state index contributed by atoms with van der Waals surface area (Å²) in [5.74, 6) is 0.435. The fourth-order valence-corrected chi connectivity index (χ4v) is 6.00. The molecule has 3 aromatic carbocycles. The zero-order chi connectivity index (χ0) is 31.1. The number of sulfonamides is 1. The number of amides is 3. The summed E-state index contributed by atoms with van der Waals surface area (Å²) in [4.78, 5) is 27.8. The smallest absolute Gasteiger partial charge is 0.323 e. The number of likely N-dealkylation sites (N-methyl/N-ethyl adjacent to an activating group) is 1. The van der Waals surface area contributed by atoms with Crippen molar-refractivity contribution >= 4 is 33.3 Å². The van der Waals surface area contributed by atoms with Crippen molar-refractivity contribution in [3.63, 3.8) is 0 Å². The molecule has 3 atom stereocenters. The second-order valence-electron chi connectivity index (χ2n) is 10.6. The van der Waals surface area contributed by atoms with E-state index >= 15 is 0 Å². The van der Waals surface area contributed by atoms with E-state index in [1.165, 1.54) is 30.6 Å². The first-order valence-electron chi connectivity index (χ1n) is 13.9. The van der Waals surface area contributed by atoms with Gasteiger partial charge in [0.2, 0.25) is 15.9 Å². The predicted octanol–water partition coefficient (Wildman–Crippen LogP) is 3.81. The van der Waals surface area contributed by atoms with E-state index in [1.54, 1.807) is 54.3 Å². The molecule has 3 N–H and O–H groups in total. The molecule has 12 heteroatoms. The average molecular weight is 611 g/mol. The first kappa shape index (κ1) is 31.8. The molecule has 0 aromatic heterocycles. The average Bonchev–Trinajstić information content (AvgIpc) is 3.04. The van der Waals surface area contributed by atoms with E-state index in [2.05, 4.69) is 10.6 Å². The number of nitrogens with zero attached hydrogens (tertiary/aromatic N) is 2. The van der Waals surface area contributed by atoms with Crippen molar-refractivity contribution in [1.82, 2.24) is 9.21 Å². The second-order valence-corrected chi connectivity index (χ2v) is 12.7. The van der Waals surface area contributed by atoms with Crippen molar-refractivity contribution < 1.29 is 32.6 Å². The number of carbonyl (C=O) groups excluding carboxylic acids is 2. The third-order valence-electron chi connectivity index (χ3n) is 7.41. The summed E-state index contributed by atoms with van der Waals surface area (Å²) in [6.07, 6.45) is -0.675. The quantitative estimate of drug-likeness (QED) is 0.335. The number of carbonyl (C=O) groups is 2. The highest BCUT2D eigenvalue weighted by Gasteiger charge is 2.33. The van der Waals surface area contributed by atoms with Crippen LogP contribution in [0.5, 0.6) is 11.5 Å². The Morgan fingerprint density at radius 1 is 1.09 bits per heavy atom. The second kappa shape index (κ2) is 13.9. The highest BCUT2D eigenvalue weighted by atomic mass is 32.2. The van der Waals surface area contributed by atoms with Crippen LogP contribution in [-0.4, -0.2) is 80.7 Å². The van der Waals surface area contributed by atoms with Gasteiger partial charge in [-0.05, 0) is 61.5 Å². The topological polar surface area (TPSA) is 138 Å². The van der Waals surface area contributed by atoms with Crippen LogP contribution in [0, 0.1) is 5.92 Å². The van der Waals surface area contributed by atoms with Gasteiger partial charge < -0.3 is 30.1 Å². The van der Waals surface area contributed by atoms with Gasteiger partial charge in [-0.15, -0.1) is 0 Å². The summed E-state index contributed by atoms with van der Waals surface area (Å²) in [6, 6.07) is 19.2. The number of rotatable bonds is 9. The Morgan fingerprint density at radius 2 is 1.77 bits per heavy atom. The van der Waals surface area contributed by atoms with E-state index in [-0.39, 0.29) is 42.8 Å². The Kier molecular flexibility index (Phi) is 10.3. The van der Waals surface area contributed by atoms with Crippen LogP contribution in [0.3, 0.4) is 0 Å². The summed E-state index contributed by atoms with van der Waals surface area (Å²) in [6.45, 7) is 3.66. The van der Waals surface area contributed by atoms with Crippen LogP contribution in [0.4, 0.5) is 16.2 Å². The van der Waals surface area contributed by atoms with Crippen molar-refractivity contribution in [2.24, 2.45) is 5.92 Å². The Bertz CT molecular complexity index is 1520. The molecular formula is C31H38N4O7S. The largest absolute Gasteiger partial charge is 0.497 e. The maximum atomic E-state index is 13.5. The SMILES string of the molecule is COc1ccc(S(=O)(=O)N(C)C[C@H]2Oc3ccc(NC(=O)Nc4ccccc4)cc3CC(=O)N([C@@H](C)CO)C[C@H]2C)cc1. The molecule has 0 saturated carbocycles.